The molecular weight excluding hydrogens is 428 g/mol. The fourth-order valence-electron chi connectivity index (χ4n) is 5.21. The summed E-state index contributed by atoms with van der Waals surface area (Å²) in [7, 11) is 1.73. The Hall–Kier alpha value is -3.42. The number of aromatic nitrogens is 3. The standard InChI is InChI=1S/C26H32N6O2/c1-18-8-9-19(2)22(16-18)30-12-14-31(15-13-30)25(33)20-6-5-11-32(17-20)24-26(34)29(3)23-21(28-24)7-4-10-27-23/h4,7-10,16,20H,5-6,11-15,17H2,1-3H3/t20-/m1/s1. The molecule has 0 saturated carbocycles. The number of hydrogen-bond donors (Lipinski definition) is 0. The third-order valence-corrected chi connectivity index (χ3v) is 7.17. The first kappa shape index (κ1) is 22.4. The van der Waals surface area contributed by atoms with E-state index in [-0.39, 0.29) is 17.4 Å². The Morgan fingerprint density at radius 2 is 1.82 bits per heavy atom. The highest BCUT2D eigenvalue weighted by Crippen LogP contribution is 2.26. The molecule has 178 valence electrons. The Balaban J connectivity index is 1.28. The molecule has 0 aliphatic carbocycles. The highest BCUT2D eigenvalue weighted by atomic mass is 16.2. The van der Waals surface area contributed by atoms with Crippen molar-refractivity contribution >= 4 is 28.6 Å². The molecule has 3 aromatic rings. The number of pyridine rings is 1. The predicted octanol–water partition coefficient (Wildman–Crippen LogP) is 2.51. The maximum Gasteiger partial charge on any atom is 0.294 e. The van der Waals surface area contributed by atoms with E-state index in [0.29, 0.717) is 23.5 Å². The topological polar surface area (TPSA) is 74.6 Å². The van der Waals surface area contributed by atoms with E-state index in [1.54, 1.807) is 17.8 Å². The molecule has 0 spiro atoms. The molecule has 1 atom stereocenters. The molecule has 4 heterocycles. The van der Waals surface area contributed by atoms with Crippen LogP contribution < -0.4 is 15.4 Å². The van der Waals surface area contributed by atoms with Gasteiger partial charge in [0.2, 0.25) is 5.91 Å². The van der Waals surface area contributed by atoms with Gasteiger partial charge in [0, 0.05) is 58.2 Å². The van der Waals surface area contributed by atoms with Crippen LogP contribution in [-0.2, 0) is 11.8 Å². The Morgan fingerprint density at radius 3 is 2.62 bits per heavy atom. The first-order valence-electron chi connectivity index (χ1n) is 12.1. The largest absolute Gasteiger partial charge is 0.368 e. The zero-order chi connectivity index (χ0) is 23.8. The SMILES string of the molecule is Cc1ccc(C)c(N2CCN(C(=O)[C@@H]3CCCN(c4nc5cccnc5n(C)c4=O)C3)CC2)c1. The van der Waals surface area contributed by atoms with Crippen molar-refractivity contribution in [3.05, 3.63) is 58.0 Å². The molecule has 0 N–H and O–H groups in total. The number of fused-ring (bicyclic) bond motifs is 1. The summed E-state index contributed by atoms with van der Waals surface area (Å²) in [6.45, 7) is 8.66. The number of benzene rings is 1. The fraction of sp³-hybridized carbons (Fsp3) is 0.462. The predicted molar refractivity (Wildman–Crippen MR) is 134 cm³/mol. The minimum atomic E-state index is -0.165. The quantitative estimate of drug-likeness (QED) is 0.598. The summed E-state index contributed by atoms with van der Waals surface area (Å²) in [5, 5.41) is 0. The number of piperidine rings is 1. The second-order valence-electron chi connectivity index (χ2n) is 9.53. The van der Waals surface area contributed by atoms with Gasteiger partial charge in [0.25, 0.3) is 5.56 Å². The van der Waals surface area contributed by atoms with E-state index < -0.39 is 0 Å². The zero-order valence-corrected chi connectivity index (χ0v) is 20.2. The molecular formula is C26H32N6O2. The normalized spacial score (nSPS) is 19.0. The van der Waals surface area contributed by atoms with Crippen LogP contribution in [0, 0.1) is 19.8 Å². The van der Waals surface area contributed by atoms with Crippen molar-refractivity contribution in [3.63, 3.8) is 0 Å². The monoisotopic (exact) mass is 460 g/mol. The van der Waals surface area contributed by atoms with Gasteiger partial charge < -0.3 is 14.7 Å². The van der Waals surface area contributed by atoms with Gasteiger partial charge in [-0.1, -0.05) is 12.1 Å². The molecule has 0 unspecified atom stereocenters. The smallest absolute Gasteiger partial charge is 0.294 e. The minimum Gasteiger partial charge on any atom is -0.368 e. The lowest BCUT2D eigenvalue weighted by atomic mass is 9.96. The van der Waals surface area contributed by atoms with E-state index in [2.05, 4.69) is 46.9 Å². The molecule has 2 saturated heterocycles. The van der Waals surface area contributed by atoms with Crippen molar-refractivity contribution in [2.75, 3.05) is 49.1 Å². The van der Waals surface area contributed by atoms with Crippen molar-refractivity contribution < 1.29 is 4.79 Å². The molecule has 5 rings (SSSR count). The molecule has 0 radical (unpaired) electrons. The summed E-state index contributed by atoms with van der Waals surface area (Å²) in [6.07, 6.45) is 3.38. The van der Waals surface area contributed by atoms with E-state index in [1.165, 1.54) is 16.8 Å². The third-order valence-electron chi connectivity index (χ3n) is 7.17. The Labute approximate surface area is 199 Å². The molecule has 2 aromatic heterocycles. The molecule has 2 aliphatic heterocycles. The van der Waals surface area contributed by atoms with Crippen LogP contribution in [0.4, 0.5) is 11.5 Å². The van der Waals surface area contributed by atoms with Crippen LogP contribution in [0.2, 0.25) is 0 Å². The zero-order valence-electron chi connectivity index (χ0n) is 20.2. The van der Waals surface area contributed by atoms with Crippen molar-refractivity contribution in [2.24, 2.45) is 13.0 Å². The second kappa shape index (κ2) is 9.08. The Morgan fingerprint density at radius 1 is 1.03 bits per heavy atom. The lowest BCUT2D eigenvalue weighted by Gasteiger charge is -2.40. The van der Waals surface area contributed by atoms with Gasteiger partial charge in [-0.15, -0.1) is 0 Å². The van der Waals surface area contributed by atoms with E-state index in [9.17, 15) is 9.59 Å². The van der Waals surface area contributed by atoms with E-state index in [4.69, 9.17) is 0 Å². The first-order valence-corrected chi connectivity index (χ1v) is 12.1. The summed E-state index contributed by atoms with van der Waals surface area (Å²) in [6, 6.07) is 10.2. The molecule has 8 heteroatoms. The van der Waals surface area contributed by atoms with Crippen LogP contribution >= 0.6 is 0 Å². The van der Waals surface area contributed by atoms with Gasteiger partial charge in [-0.3, -0.25) is 14.2 Å². The molecule has 1 aromatic carbocycles. The number of amides is 1. The number of rotatable bonds is 3. The molecule has 1 amide bonds. The van der Waals surface area contributed by atoms with Crippen molar-refractivity contribution in [3.8, 4) is 0 Å². The summed E-state index contributed by atoms with van der Waals surface area (Å²) in [5.41, 5.74) is 4.89. The number of anilines is 2. The Bertz CT molecular complexity index is 1280. The second-order valence-corrected chi connectivity index (χ2v) is 9.53. The van der Waals surface area contributed by atoms with Crippen molar-refractivity contribution in [2.45, 2.75) is 26.7 Å². The highest BCUT2D eigenvalue weighted by molar-refractivity contribution is 5.80. The molecule has 2 aliphatic rings. The van der Waals surface area contributed by atoms with Crippen LogP contribution in [-0.4, -0.2) is 64.6 Å². The van der Waals surface area contributed by atoms with Crippen molar-refractivity contribution in [1.29, 1.82) is 0 Å². The van der Waals surface area contributed by atoms with Gasteiger partial charge in [-0.05, 0) is 56.0 Å². The number of hydrogen-bond acceptors (Lipinski definition) is 6. The van der Waals surface area contributed by atoms with Crippen LogP contribution in [0.1, 0.15) is 24.0 Å². The average Bonchev–Trinajstić information content (AvgIpc) is 2.87. The number of aryl methyl sites for hydroxylation is 3. The van der Waals surface area contributed by atoms with E-state index >= 15 is 0 Å². The summed E-state index contributed by atoms with van der Waals surface area (Å²) >= 11 is 0. The highest BCUT2D eigenvalue weighted by Gasteiger charge is 2.32. The number of nitrogens with zero attached hydrogens (tertiary/aromatic N) is 6. The Kier molecular flexibility index (Phi) is 5.98. The third kappa shape index (κ3) is 4.13. The maximum absolute atomic E-state index is 13.4. The molecule has 34 heavy (non-hydrogen) atoms. The fourth-order valence-corrected chi connectivity index (χ4v) is 5.21. The van der Waals surface area contributed by atoms with Gasteiger partial charge in [0.1, 0.15) is 5.52 Å². The van der Waals surface area contributed by atoms with Crippen LogP contribution in [0.15, 0.2) is 41.3 Å². The van der Waals surface area contributed by atoms with E-state index in [1.807, 2.05) is 21.9 Å². The van der Waals surface area contributed by atoms with E-state index in [0.717, 1.165) is 45.6 Å². The van der Waals surface area contributed by atoms with Gasteiger partial charge in [0.15, 0.2) is 11.5 Å². The lowest BCUT2D eigenvalue weighted by Crippen LogP contribution is -2.53. The van der Waals surface area contributed by atoms with Gasteiger partial charge >= 0.3 is 0 Å². The summed E-state index contributed by atoms with van der Waals surface area (Å²) < 4.78 is 1.55. The number of piperazine rings is 1. The number of carbonyl (C=O) groups is 1. The van der Waals surface area contributed by atoms with Gasteiger partial charge in [-0.2, -0.15) is 0 Å². The first-order chi connectivity index (χ1) is 16.4. The van der Waals surface area contributed by atoms with Crippen LogP contribution in [0.25, 0.3) is 11.2 Å². The molecule has 0 bridgehead atoms. The van der Waals surface area contributed by atoms with Gasteiger partial charge in [-0.25, -0.2) is 9.97 Å². The molecule has 2 fully saturated rings. The van der Waals surface area contributed by atoms with Crippen molar-refractivity contribution in [1.82, 2.24) is 19.4 Å². The van der Waals surface area contributed by atoms with Crippen LogP contribution in [0.5, 0.6) is 0 Å². The maximum atomic E-state index is 13.4. The minimum absolute atomic E-state index is 0.114. The lowest BCUT2D eigenvalue weighted by molar-refractivity contribution is -0.136. The van der Waals surface area contributed by atoms with Crippen LogP contribution in [0.3, 0.4) is 0 Å². The number of carbonyl (C=O) groups excluding carboxylic acids is 1. The summed E-state index contributed by atoms with van der Waals surface area (Å²) in [4.78, 5) is 41.7. The molecule has 8 nitrogen and oxygen atoms in total. The summed E-state index contributed by atoms with van der Waals surface area (Å²) in [5.74, 6) is 0.502. The van der Waals surface area contributed by atoms with Gasteiger partial charge in [0.05, 0.1) is 5.92 Å². The average molecular weight is 461 g/mol.